The Balaban J connectivity index is 1.50. The Bertz CT molecular complexity index is 1420. The first kappa shape index (κ1) is 27.8. The van der Waals surface area contributed by atoms with E-state index < -0.39 is 42.6 Å². The van der Waals surface area contributed by atoms with Crippen LogP contribution in [0.1, 0.15) is 43.7 Å². The summed E-state index contributed by atoms with van der Waals surface area (Å²) in [5.41, 5.74) is 8.01. The molecule has 4 N–H and O–H groups in total. The molecule has 3 aromatic rings. The maximum absolute atomic E-state index is 14.1. The zero-order valence-corrected chi connectivity index (χ0v) is 23.1. The molecule has 9 nitrogen and oxygen atoms in total. The number of nitrogens with two attached hydrogens (primary N) is 1. The van der Waals surface area contributed by atoms with Crippen molar-refractivity contribution < 1.29 is 23.7 Å². The minimum Gasteiger partial charge on any atom is -0.394 e. The molecule has 39 heavy (non-hydrogen) atoms. The normalized spacial score (nSPS) is 24.3. The molecule has 2 aliphatic rings. The number of benzene rings is 2. The van der Waals surface area contributed by atoms with Gasteiger partial charge in [0.05, 0.1) is 34.8 Å². The molecule has 13 heteroatoms. The van der Waals surface area contributed by atoms with Crippen LogP contribution >= 0.6 is 27.5 Å². The van der Waals surface area contributed by atoms with Gasteiger partial charge in [0.25, 0.3) is 0 Å². The Hall–Kier alpha value is -2.77. The molecule has 0 amide bonds. The predicted molar refractivity (Wildman–Crippen MR) is 146 cm³/mol. The van der Waals surface area contributed by atoms with E-state index in [2.05, 4.69) is 31.2 Å². The number of aliphatic hydroxyl groups excluding tert-OH is 2. The smallest absolute Gasteiger partial charge is 0.159 e. The fourth-order valence-corrected chi connectivity index (χ4v) is 5.03. The van der Waals surface area contributed by atoms with Crippen LogP contribution in [0.15, 0.2) is 51.0 Å². The van der Waals surface area contributed by atoms with Crippen molar-refractivity contribution >= 4 is 44.9 Å². The third kappa shape index (κ3) is 6.04. The molecule has 206 valence electrons. The maximum Gasteiger partial charge on any atom is 0.159 e. The third-order valence-electron chi connectivity index (χ3n) is 6.70. The van der Waals surface area contributed by atoms with Crippen LogP contribution in [0.25, 0.3) is 11.3 Å². The molecular formula is C26H26BrClF2N6O3. The van der Waals surface area contributed by atoms with Gasteiger partial charge in [0, 0.05) is 17.0 Å². The van der Waals surface area contributed by atoms with E-state index in [0.717, 1.165) is 30.5 Å². The molecule has 5 rings (SSSR count). The number of hydrogen-bond donors (Lipinski definition) is 3. The Morgan fingerprint density at radius 2 is 1.97 bits per heavy atom. The summed E-state index contributed by atoms with van der Waals surface area (Å²) in [6, 6.07) is 7.07. The van der Waals surface area contributed by atoms with Gasteiger partial charge in [-0.25, -0.2) is 23.4 Å². The summed E-state index contributed by atoms with van der Waals surface area (Å²) in [6.07, 6.45) is 0.791. The number of nitrogens with zero attached hydrogens (tertiary/aromatic N) is 5. The number of aromatic nitrogens is 3. The van der Waals surface area contributed by atoms with E-state index in [-0.39, 0.29) is 33.8 Å². The second kappa shape index (κ2) is 11.4. The first-order valence-corrected chi connectivity index (χ1v) is 13.5. The lowest BCUT2D eigenvalue weighted by molar-refractivity contribution is -0.137. The second-order valence-corrected chi connectivity index (χ2v) is 10.9. The number of ether oxygens (including phenoxy) is 1. The molecular weight excluding hydrogens is 598 g/mol. The van der Waals surface area contributed by atoms with Crippen LogP contribution in [0.3, 0.4) is 0 Å². The molecule has 1 aliphatic heterocycles. The number of halogens is 4. The van der Waals surface area contributed by atoms with Gasteiger partial charge < -0.3 is 20.7 Å². The van der Waals surface area contributed by atoms with Gasteiger partial charge in [-0.15, -0.1) is 5.10 Å². The standard InChI is InChI=1S/C26H26BrClF2N6O3/c1-12(31)32-26(33-19-8-15(28)4-5-16(19)13-2-3-13)22-9-21(25(38)23(11-37)39-22)36-10-20(34-35-36)14-6-17(29)24(27)18(30)7-14/h4-8,10,13,21-23,25,37-38H,2-3,9,11H2,1H3,(H2,31,32,33). The van der Waals surface area contributed by atoms with Crippen LogP contribution in [-0.2, 0) is 4.74 Å². The lowest BCUT2D eigenvalue weighted by Crippen LogP contribution is -2.50. The molecule has 0 radical (unpaired) electrons. The molecule has 2 heterocycles. The van der Waals surface area contributed by atoms with Crippen molar-refractivity contribution in [2.75, 3.05) is 6.61 Å². The topological polar surface area (TPSA) is 131 Å². The van der Waals surface area contributed by atoms with Crippen molar-refractivity contribution in [3.8, 4) is 11.3 Å². The quantitative estimate of drug-likeness (QED) is 0.208. The Labute approximate surface area is 236 Å². The molecule has 4 unspecified atom stereocenters. The Morgan fingerprint density at radius 1 is 1.26 bits per heavy atom. The van der Waals surface area contributed by atoms with Gasteiger partial charge in [0.2, 0.25) is 0 Å². The number of amidine groups is 2. The molecule has 1 saturated heterocycles. The first-order chi connectivity index (χ1) is 18.6. The fraction of sp³-hybridized carbons (Fsp3) is 0.385. The minimum absolute atomic E-state index is 0.151. The van der Waals surface area contributed by atoms with E-state index in [1.807, 2.05) is 12.1 Å². The summed E-state index contributed by atoms with van der Waals surface area (Å²) in [5, 5.41) is 29.7. The average Bonchev–Trinajstić information content (AvgIpc) is 3.62. The van der Waals surface area contributed by atoms with Crippen LogP contribution in [0, 0.1) is 11.6 Å². The molecule has 1 saturated carbocycles. The highest BCUT2D eigenvalue weighted by Gasteiger charge is 2.41. The van der Waals surface area contributed by atoms with E-state index in [4.69, 9.17) is 27.1 Å². The van der Waals surface area contributed by atoms with E-state index in [0.29, 0.717) is 16.6 Å². The molecule has 1 aliphatic carbocycles. The van der Waals surface area contributed by atoms with Gasteiger partial charge in [-0.2, -0.15) is 0 Å². The van der Waals surface area contributed by atoms with Gasteiger partial charge in [-0.05, 0) is 71.4 Å². The summed E-state index contributed by atoms with van der Waals surface area (Å²) < 4.78 is 35.3. The predicted octanol–water partition coefficient (Wildman–Crippen LogP) is 4.68. The van der Waals surface area contributed by atoms with Crippen LogP contribution in [-0.4, -0.2) is 61.8 Å². The van der Waals surface area contributed by atoms with E-state index >= 15 is 0 Å². The molecule has 2 fully saturated rings. The lowest BCUT2D eigenvalue weighted by Gasteiger charge is -2.38. The zero-order chi connectivity index (χ0) is 27.8. The van der Waals surface area contributed by atoms with Crippen molar-refractivity contribution in [3.63, 3.8) is 0 Å². The number of rotatable bonds is 6. The van der Waals surface area contributed by atoms with Crippen molar-refractivity contribution in [1.82, 2.24) is 15.0 Å². The third-order valence-corrected chi connectivity index (χ3v) is 7.70. The second-order valence-electron chi connectivity index (χ2n) is 9.68. The highest BCUT2D eigenvalue weighted by molar-refractivity contribution is 9.10. The Morgan fingerprint density at radius 3 is 2.62 bits per heavy atom. The van der Waals surface area contributed by atoms with Gasteiger partial charge in [0.15, 0.2) is 5.84 Å². The van der Waals surface area contributed by atoms with Gasteiger partial charge in [0.1, 0.15) is 35.6 Å². The van der Waals surface area contributed by atoms with Crippen LogP contribution in [0.5, 0.6) is 0 Å². The molecule has 2 aromatic carbocycles. The van der Waals surface area contributed by atoms with E-state index in [1.54, 1.807) is 13.0 Å². The number of aliphatic hydroxyl groups is 2. The molecule has 1 aromatic heterocycles. The monoisotopic (exact) mass is 622 g/mol. The summed E-state index contributed by atoms with van der Waals surface area (Å²) in [7, 11) is 0. The summed E-state index contributed by atoms with van der Waals surface area (Å²) in [5.74, 6) is -0.675. The maximum atomic E-state index is 14.1. The van der Waals surface area contributed by atoms with Crippen LogP contribution in [0.4, 0.5) is 14.5 Å². The minimum atomic E-state index is -1.17. The zero-order valence-electron chi connectivity index (χ0n) is 20.8. The van der Waals surface area contributed by atoms with Crippen molar-refractivity contribution in [2.24, 2.45) is 15.7 Å². The summed E-state index contributed by atoms with van der Waals surface area (Å²) in [6.45, 7) is 1.14. The highest BCUT2D eigenvalue weighted by atomic mass is 79.9. The largest absolute Gasteiger partial charge is 0.394 e. The molecule has 0 spiro atoms. The van der Waals surface area contributed by atoms with Crippen LogP contribution < -0.4 is 5.73 Å². The fourth-order valence-electron chi connectivity index (χ4n) is 4.64. The molecule has 0 bridgehead atoms. The van der Waals surface area contributed by atoms with Crippen LogP contribution in [0.2, 0.25) is 5.02 Å². The van der Waals surface area contributed by atoms with Gasteiger partial charge in [-0.3, -0.25) is 0 Å². The van der Waals surface area contributed by atoms with Crippen molar-refractivity contribution in [2.45, 2.75) is 56.5 Å². The van der Waals surface area contributed by atoms with Crippen molar-refractivity contribution in [1.29, 1.82) is 0 Å². The van der Waals surface area contributed by atoms with Gasteiger partial charge in [-0.1, -0.05) is 22.9 Å². The van der Waals surface area contributed by atoms with E-state index in [1.165, 1.54) is 10.9 Å². The lowest BCUT2D eigenvalue weighted by atomic mass is 9.94. The van der Waals surface area contributed by atoms with Gasteiger partial charge >= 0.3 is 0 Å². The Kier molecular flexibility index (Phi) is 8.11. The van der Waals surface area contributed by atoms with E-state index in [9.17, 15) is 19.0 Å². The summed E-state index contributed by atoms with van der Waals surface area (Å²) in [4.78, 5) is 9.22. The van der Waals surface area contributed by atoms with Crippen molar-refractivity contribution in [3.05, 3.63) is 63.2 Å². The first-order valence-electron chi connectivity index (χ1n) is 12.3. The summed E-state index contributed by atoms with van der Waals surface area (Å²) >= 11 is 9.13. The highest BCUT2D eigenvalue weighted by Crippen LogP contribution is 2.45. The number of hydrogen-bond acceptors (Lipinski definition) is 6. The molecule has 4 atom stereocenters. The SMILES string of the molecule is CC(N)=NC(=Nc1cc(Cl)ccc1C1CC1)C1CC(n2cc(-c3cc(F)c(Br)c(F)c3)nn2)C(O)C(CO)O1. The number of aliphatic imine (C=N–C) groups is 2. The average molecular weight is 624 g/mol.